The summed E-state index contributed by atoms with van der Waals surface area (Å²) in [5, 5.41) is 11.2. The molecule has 0 bridgehead atoms. The van der Waals surface area contributed by atoms with Crippen LogP contribution in [-0.2, 0) is 26.5 Å². The summed E-state index contributed by atoms with van der Waals surface area (Å²) in [6.07, 6.45) is 0.0315. The molecule has 2 aliphatic heterocycles. The van der Waals surface area contributed by atoms with Crippen molar-refractivity contribution in [2.24, 2.45) is 4.99 Å². The Morgan fingerprint density at radius 3 is 2.60 bits per heavy atom. The summed E-state index contributed by atoms with van der Waals surface area (Å²) in [7, 11) is 1.62. The van der Waals surface area contributed by atoms with Gasteiger partial charge >= 0.3 is 0 Å². The van der Waals surface area contributed by atoms with Crippen molar-refractivity contribution in [3.63, 3.8) is 0 Å². The number of aliphatic imine (C=N–C) groups is 1. The average molecular weight is 429 g/mol. The van der Waals surface area contributed by atoms with Gasteiger partial charge in [0.15, 0.2) is 12.4 Å². The second-order valence-electron chi connectivity index (χ2n) is 7.65. The SMILES string of the molecule is CN=C(OC(C=O)C(O)c1ccc(Cl)cc1)N1CCC2(CC1)OCc1ccccc12. The molecule has 2 atom stereocenters. The number of hydrogen-bond donors (Lipinski definition) is 1. The van der Waals surface area contributed by atoms with Gasteiger partial charge in [-0.1, -0.05) is 48.0 Å². The first kappa shape index (κ1) is 20.8. The first-order valence-corrected chi connectivity index (χ1v) is 10.4. The van der Waals surface area contributed by atoms with Crippen LogP contribution in [0, 0.1) is 0 Å². The number of halogens is 1. The number of hydrogen-bond acceptors (Lipinski definition) is 5. The van der Waals surface area contributed by atoms with Crippen LogP contribution in [-0.4, -0.2) is 48.6 Å². The number of piperidine rings is 1. The van der Waals surface area contributed by atoms with E-state index in [1.165, 1.54) is 11.1 Å². The van der Waals surface area contributed by atoms with E-state index >= 15 is 0 Å². The minimum Gasteiger partial charge on any atom is -0.451 e. The number of likely N-dealkylation sites (tertiary alicyclic amines) is 1. The number of carbonyl (C=O) groups is 1. The van der Waals surface area contributed by atoms with Crippen molar-refractivity contribution >= 4 is 23.9 Å². The molecule has 0 aliphatic carbocycles. The summed E-state index contributed by atoms with van der Waals surface area (Å²) in [6, 6.07) is 15.4. The molecule has 0 aromatic heterocycles. The second kappa shape index (κ2) is 8.76. The van der Waals surface area contributed by atoms with E-state index in [4.69, 9.17) is 21.1 Å². The molecule has 7 heteroatoms. The normalized spacial score (nSPS) is 20.0. The molecule has 2 aromatic carbocycles. The maximum atomic E-state index is 11.7. The summed E-state index contributed by atoms with van der Waals surface area (Å²) in [5.41, 5.74) is 2.81. The molecule has 1 N–H and O–H groups in total. The first-order chi connectivity index (χ1) is 14.6. The molecule has 6 nitrogen and oxygen atoms in total. The number of fused-ring (bicyclic) bond motifs is 2. The number of carbonyl (C=O) groups excluding carboxylic acids is 1. The topological polar surface area (TPSA) is 71.4 Å². The zero-order chi connectivity index (χ0) is 21.1. The van der Waals surface area contributed by atoms with E-state index in [1.54, 1.807) is 31.3 Å². The van der Waals surface area contributed by atoms with Crippen LogP contribution in [0.1, 0.15) is 35.6 Å². The third kappa shape index (κ3) is 3.95. The predicted molar refractivity (Wildman–Crippen MR) is 114 cm³/mol. The predicted octanol–water partition coefficient (Wildman–Crippen LogP) is 3.46. The summed E-state index contributed by atoms with van der Waals surface area (Å²) in [4.78, 5) is 17.9. The summed E-state index contributed by atoms with van der Waals surface area (Å²) in [5.74, 6) is 0. The van der Waals surface area contributed by atoms with Gasteiger partial charge in [-0.05, 0) is 41.7 Å². The summed E-state index contributed by atoms with van der Waals surface area (Å²) in [6.45, 7) is 2.01. The summed E-state index contributed by atoms with van der Waals surface area (Å²) >= 11 is 5.90. The van der Waals surface area contributed by atoms with E-state index in [1.807, 2.05) is 11.0 Å². The molecule has 0 saturated carbocycles. The van der Waals surface area contributed by atoms with Gasteiger partial charge < -0.3 is 19.5 Å². The molecule has 0 radical (unpaired) electrons. The van der Waals surface area contributed by atoms with Crippen LogP contribution in [0.25, 0.3) is 0 Å². The average Bonchev–Trinajstić information content (AvgIpc) is 3.14. The van der Waals surface area contributed by atoms with E-state index in [-0.39, 0.29) is 5.60 Å². The molecule has 30 heavy (non-hydrogen) atoms. The maximum absolute atomic E-state index is 11.7. The van der Waals surface area contributed by atoms with Crippen LogP contribution in [0.4, 0.5) is 0 Å². The highest BCUT2D eigenvalue weighted by Crippen LogP contribution is 2.44. The number of aliphatic hydroxyl groups excluding tert-OH is 1. The Morgan fingerprint density at radius 1 is 1.23 bits per heavy atom. The van der Waals surface area contributed by atoms with Gasteiger partial charge in [0.25, 0.3) is 6.02 Å². The van der Waals surface area contributed by atoms with Crippen LogP contribution in [0.15, 0.2) is 53.5 Å². The van der Waals surface area contributed by atoms with Crippen LogP contribution < -0.4 is 0 Å². The number of rotatable bonds is 4. The Kier molecular flexibility index (Phi) is 6.09. The number of amidine groups is 1. The van der Waals surface area contributed by atoms with Crippen LogP contribution in [0.5, 0.6) is 0 Å². The van der Waals surface area contributed by atoms with Gasteiger partial charge in [0.05, 0.1) is 12.2 Å². The van der Waals surface area contributed by atoms with Crippen molar-refractivity contribution in [1.82, 2.24) is 4.90 Å². The van der Waals surface area contributed by atoms with E-state index in [0.29, 0.717) is 42.6 Å². The number of ether oxygens (including phenoxy) is 2. The molecule has 2 aliphatic rings. The fraction of sp³-hybridized carbons (Fsp3) is 0.391. The number of nitrogens with zero attached hydrogens (tertiary/aromatic N) is 2. The van der Waals surface area contributed by atoms with Gasteiger partial charge in [0.1, 0.15) is 6.10 Å². The Labute approximate surface area is 181 Å². The highest BCUT2D eigenvalue weighted by molar-refractivity contribution is 6.30. The fourth-order valence-electron chi connectivity index (χ4n) is 4.26. The van der Waals surface area contributed by atoms with Crippen molar-refractivity contribution in [1.29, 1.82) is 0 Å². The van der Waals surface area contributed by atoms with Gasteiger partial charge in [-0.25, -0.2) is 4.99 Å². The monoisotopic (exact) mass is 428 g/mol. The maximum Gasteiger partial charge on any atom is 0.287 e. The van der Waals surface area contributed by atoms with Crippen LogP contribution in [0.2, 0.25) is 5.02 Å². The minimum atomic E-state index is -1.11. The third-order valence-electron chi connectivity index (χ3n) is 5.94. The van der Waals surface area contributed by atoms with Crippen molar-refractivity contribution < 1.29 is 19.4 Å². The quantitative estimate of drug-likeness (QED) is 0.458. The van der Waals surface area contributed by atoms with Crippen LogP contribution >= 0.6 is 11.6 Å². The summed E-state index contributed by atoms with van der Waals surface area (Å²) < 4.78 is 12.0. The molecular weight excluding hydrogens is 404 g/mol. The molecule has 2 unspecified atom stereocenters. The molecular formula is C23H25ClN2O4. The Hall–Kier alpha value is -2.41. The van der Waals surface area contributed by atoms with Crippen LogP contribution in [0.3, 0.4) is 0 Å². The van der Waals surface area contributed by atoms with E-state index in [0.717, 1.165) is 12.8 Å². The highest BCUT2D eigenvalue weighted by atomic mass is 35.5. The van der Waals surface area contributed by atoms with E-state index < -0.39 is 12.2 Å². The Bertz CT molecular complexity index is 923. The lowest BCUT2D eigenvalue weighted by atomic mass is 9.84. The van der Waals surface area contributed by atoms with Gasteiger partial charge in [0.2, 0.25) is 0 Å². The van der Waals surface area contributed by atoms with Crippen molar-refractivity contribution in [3.8, 4) is 0 Å². The molecule has 0 amide bonds. The van der Waals surface area contributed by atoms with Gasteiger partial charge in [-0.3, -0.25) is 4.79 Å². The highest BCUT2D eigenvalue weighted by Gasteiger charge is 2.43. The molecule has 4 rings (SSSR count). The van der Waals surface area contributed by atoms with Crippen molar-refractivity contribution in [3.05, 3.63) is 70.2 Å². The zero-order valence-electron chi connectivity index (χ0n) is 16.8. The number of aldehydes is 1. The number of benzene rings is 2. The molecule has 1 spiro atoms. The standard InChI is InChI=1S/C23H25ClN2O4/c1-25-22(30-20(14-27)21(28)16-6-8-18(24)9-7-16)26-12-10-23(11-13-26)19-5-3-2-4-17(19)15-29-23/h2-9,14,20-21,28H,10-13,15H2,1H3. The van der Waals surface area contributed by atoms with E-state index in [9.17, 15) is 9.90 Å². The van der Waals surface area contributed by atoms with Gasteiger partial charge in [0, 0.05) is 25.2 Å². The lowest BCUT2D eigenvalue weighted by Gasteiger charge is -2.40. The molecule has 158 valence electrons. The second-order valence-corrected chi connectivity index (χ2v) is 8.08. The molecule has 2 heterocycles. The largest absolute Gasteiger partial charge is 0.451 e. The Balaban J connectivity index is 1.42. The first-order valence-electron chi connectivity index (χ1n) is 10.1. The number of aliphatic hydroxyl groups is 1. The van der Waals surface area contributed by atoms with Crippen molar-refractivity contribution in [2.45, 2.75) is 37.3 Å². The van der Waals surface area contributed by atoms with Gasteiger partial charge in [-0.15, -0.1) is 0 Å². The lowest BCUT2D eigenvalue weighted by molar-refractivity contribution is -0.120. The Morgan fingerprint density at radius 2 is 1.93 bits per heavy atom. The fourth-order valence-corrected chi connectivity index (χ4v) is 4.39. The molecule has 1 fully saturated rings. The van der Waals surface area contributed by atoms with E-state index in [2.05, 4.69) is 23.2 Å². The minimum absolute atomic E-state index is 0.265. The third-order valence-corrected chi connectivity index (χ3v) is 6.20. The zero-order valence-corrected chi connectivity index (χ0v) is 17.6. The molecule has 2 aromatic rings. The lowest BCUT2D eigenvalue weighted by Crippen LogP contribution is -2.47. The molecule has 1 saturated heterocycles. The van der Waals surface area contributed by atoms with Crippen molar-refractivity contribution in [2.75, 3.05) is 20.1 Å². The smallest absolute Gasteiger partial charge is 0.287 e. The van der Waals surface area contributed by atoms with Gasteiger partial charge in [-0.2, -0.15) is 0 Å².